The quantitative estimate of drug-likeness (QED) is 0.283. The van der Waals surface area contributed by atoms with Crippen molar-refractivity contribution in [1.29, 1.82) is 0 Å². The third-order valence-corrected chi connectivity index (χ3v) is 4.72. The summed E-state index contributed by atoms with van der Waals surface area (Å²) in [5.41, 5.74) is 4.83. The summed E-state index contributed by atoms with van der Waals surface area (Å²) < 4.78 is 11.3. The zero-order valence-electron chi connectivity index (χ0n) is 15.9. The van der Waals surface area contributed by atoms with E-state index in [9.17, 15) is 0 Å². The van der Waals surface area contributed by atoms with Crippen molar-refractivity contribution in [3.63, 3.8) is 0 Å². The second kappa shape index (κ2) is 10.3. The molecule has 2 aromatic rings. The molecule has 0 bridgehead atoms. The first-order valence-electron chi connectivity index (χ1n) is 8.54. The van der Waals surface area contributed by atoms with Crippen LogP contribution in [-0.4, -0.2) is 13.8 Å². The minimum Gasteiger partial charge on any atom is -0.496 e. The van der Waals surface area contributed by atoms with E-state index in [2.05, 4.69) is 53.8 Å². The number of benzene rings is 1. The molecule has 0 unspecified atom stereocenters. The van der Waals surface area contributed by atoms with Crippen LogP contribution in [0.3, 0.4) is 0 Å². The maximum Gasteiger partial charge on any atom is 0.128 e. The Kier molecular flexibility index (Phi) is 7.83. The Hall–Kier alpha value is -2.85. The highest BCUT2D eigenvalue weighted by atomic mass is 32.1. The van der Waals surface area contributed by atoms with Gasteiger partial charge in [-0.1, -0.05) is 31.4 Å². The van der Waals surface area contributed by atoms with E-state index in [1.807, 2.05) is 25.1 Å². The summed E-state index contributed by atoms with van der Waals surface area (Å²) in [6.45, 7) is 14.0. The van der Waals surface area contributed by atoms with Crippen molar-refractivity contribution < 1.29 is 9.47 Å². The molecule has 27 heavy (non-hydrogen) atoms. The fourth-order valence-electron chi connectivity index (χ4n) is 2.50. The molecule has 0 radical (unpaired) electrons. The van der Waals surface area contributed by atoms with Gasteiger partial charge in [0.25, 0.3) is 0 Å². The van der Waals surface area contributed by atoms with E-state index in [0.717, 1.165) is 28.2 Å². The van der Waals surface area contributed by atoms with Crippen molar-refractivity contribution in [3.05, 3.63) is 100 Å². The Morgan fingerprint density at radius 2 is 1.93 bits per heavy atom. The minimum atomic E-state index is 0.586. The molecule has 140 valence electrons. The molecule has 0 amide bonds. The van der Waals surface area contributed by atoms with Crippen LogP contribution in [0.1, 0.15) is 18.1 Å². The Balaban J connectivity index is 2.01. The third-order valence-electron chi connectivity index (χ3n) is 3.99. The Labute approximate surface area is 165 Å². The van der Waals surface area contributed by atoms with Gasteiger partial charge in [-0.2, -0.15) is 11.3 Å². The number of hydrogen-bond donors (Lipinski definition) is 0. The average molecular weight is 380 g/mol. The maximum absolute atomic E-state index is 5.80. The van der Waals surface area contributed by atoms with Crippen molar-refractivity contribution in [2.75, 3.05) is 7.11 Å². The maximum atomic E-state index is 5.80. The molecule has 1 aromatic heterocycles. The Morgan fingerprint density at radius 1 is 1.19 bits per heavy atom. The predicted molar refractivity (Wildman–Crippen MR) is 115 cm³/mol. The van der Waals surface area contributed by atoms with Crippen molar-refractivity contribution in [1.82, 2.24) is 0 Å². The van der Waals surface area contributed by atoms with Crippen molar-refractivity contribution in [2.24, 2.45) is 4.99 Å². The molecule has 0 atom stereocenters. The molecule has 1 aromatic carbocycles. The molecule has 0 aliphatic carbocycles. The highest BCUT2D eigenvalue weighted by molar-refractivity contribution is 7.07. The molecule has 0 spiro atoms. The topological polar surface area (TPSA) is 30.8 Å². The van der Waals surface area contributed by atoms with E-state index in [4.69, 9.17) is 9.47 Å². The summed E-state index contributed by atoms with van der Waals surface area (Å²) >= 11 is 1.67. The lowest BCUT2D eigenvalue weighted by Crippen LogP contribution is -1.96. The van der Waals surface area contributed by atoms with Gasteiger partial charge in [-0.25, -0.2) is 0 Å². The lowest BCUT2D eigenvalue weighted by atomic mass is 10.0. The smallest absolute Gasteiger partial charge is 0.128 e. The summed E-state index contributed by atoms with van der Waals surface area (Å²) in [6, 6.07) is 10.1. The molecule has 1 heterocycles. The highest BCUT2D eigenvalue weighted by Gasteiger charge is 2.07. The summed E-state index contributed by atoms with van der Waals surface area (Å²) in [5, 5.41) is 4.14. The monoisotopic (exact) mass is 379 g/mol. The zero-order chi connectivity index (χ0) is 19.6. The van der Waals surface area contributed by atoms with Crippen LogP contribution < -0.4 is 4.74 Å². The molecule has 0 aliphatic rings. The highest BCUT2D eigenvalue weighted by Crippen LogP contribution is 2.21. The first-order chi connectivity index (χ1) is 13.1. The fraction of sp³-hybridized carbons (Fsp3) is 0.174. The summed E-state index contributed by atoms with van der Waals surface area (Å²) in [7, 11) is 1.62. The van der Waals surface area contributed by atoms with Crippen molar-refractivity contribution in [2.45, 2.75) is 20.0 Å². The number of methoxy groups -OCH3 is 1. The number of hydrogen-bond acceptors (Lipinski definition) is 4. The van der Waals surface area contributed by atoms with E-state index >= 15 is 0 Å². The summed E-state index contributed by atoms with van der Waals surface area (Å²) in [4.78, 5) is 3.96. The van der Waals surface area contributed by atoms with Crippen molar-refractivity contribution >= 4 is 18.1 Å². The average Bonchev–Trinajstić information content (AvgIpc) is 3.20. The van der Waals surface area contributed by atoms with E-state index in [1.165, 1.54) is 5.56 Å². The second-order valence-corrected chi connectivity index (χ2v) is 6.75. The molecule has 0 aliphatic heterocycles. The van der Waals surface area contributed by atoms with Crippen molar-refractivity contribution in [3.8, 4) is 5.75 Å². The lowest BCUT2D eigenvalue weighted by molar-refractivity contribution is 0.301. The van der Waals surface area contributed by atoms with E-state index < -0.39 is 0 Å². The van der Waals surface area contributed by atoms with Gasteiger partial charge in [0.15, 0.2) is 0 Å². The van der Waals surface area contributed by atoms with Gasteiger partial charge >= 0.3 is 0 Å². The van der Waals surface area contributed by atoms with E-state index in [-0.39, 0.29) is 0 Å². The van der Waals surface area contributed by atoms with Crippen LogP contribution in [0.15, 0.2) is 94.0 Å². The van der Waals surface area contributed by atoms with Gasteiger partial charge in [0, 0.05) is 11.3 Å². The number of allylic oxidation sites excluding steroid dienone is 4. The second-order valence-electron chi connectivity index (χ2n) is 5.97. The van der Waals surface area contributed by atoms with Crippen LogP contribution in [0.2, 0.25) is 0 Å². The van der Waals surface area contributed by atoms with Gasteiger partial charge in [-0.3, -0.25) is 4.99 Å². The molecular weight excluding hydrogens is 354 g/mol. The Bertz CT molecular complexity index is 843. The van der Waals surface area contributed by atoms with Crippen LogP contribution in [0.25, 0.3) is 0 Å². The summed E-state index contributed by atoms with van der Waals surface area (Å²) in [5.74, 6) is 1.53. The number of aliphatic imine (C=N–C) groups is 1. The molecule has 3 nitrogen and oxygen atoms in total. The van der Waals surface area contributed by atoms with Gasteiger partial charge in [0.05, 0.1) is 7.11 Å². The molecule has 2 rings (SSSR count). The minimum absolute atomic E-state index is 0.586. The van der Waals surface area contributed by atoms with Gasteiger partial charge in [-0.15, -0.1) is 0 Å². The molecule has 0 saturated heterocycles. The first-order valence-corrected chi connectivity index (χ1v) is 9.48. The number of ether oxygens (including phenoxy) is 2. The number of thiophene rings is 1. The van der Waals surface area contributed by atoms with Gasteiger partial charge in [0.2, 0.25) is 0 Å². The van der Waals surface area contributed by atoms with Crippen LogP contribution in [0.4, 0.5) is 0 Å². The SMILES string of the molecule is C=CC(/C(=C/C(=C)Cc1ccc(OCc2ccsc2)cc1)OC)=C(/C)N=C. The summed E-state index contributed by atoms with van der Waals surface area (Å²) in [6.07, 6.45) is 4.33. The molecule has 0 N–H and O–H groups in total. The third kappa shape index (κ3) is 6.12. The standard InChI is InChI=1S/C23H25NO2S/c1-6-22(18(3)24-4)23(25-5)14-17(2)13-19-7-9-21(10-8-19)26-15-20-11-12-27-16-20/h6-12,14,16H,1-2,4,13,15H2,3,5H3/b22-18+,23-14-. The lowest BCUT2D eigenvalue weighted by Gasteiger charge is -2.11. The number of nitrogens with zero attached hydrogens (tertiary/aromatic N) is 1. The van der Waals surface area contributed by atoms with Crippen LogP contribution in [-0.2, 0) is 17.8 Å². The van der Waals surface area contributed by atoms with E-state index in [1.54, 1.807) is 24.5 Å². The fourth-order valence-corrected chi connectivity index (χ4v) is 3.16. The molecular formula is C23H25NO2S. The zero-order valence-corrected chi connectivity index (χ0v) is 16.7. The predicted octanol–water partition coefficient (Wildman–Crippen LogP) is 6.12. The van der Waals surface area contributed by atoms with Gasteiger partial charge in [-0.05, 0) is 71.8 Å². The van der Waals surface area contributed by atoms with Crippen LogP contribution in [0, 0.1) is 0 Å². The molecule has 4 heteroatoms. The molecule has 0 saturated carbocycles. The van der Waals surface area contributed by atoms with Gasteiger partial charge in [0.1, 0.15) is 18.1 Å². The van der Waals surface area contributed by atoms with Crippen LogP contribution >= 0.6 is 11.3 Å². The largest absolute Gasteiger partial charge is 0.496 e. The van der Waals surface area contributed by atoms with Crippen LogP contribution in [0.5, 0.6) is 5.75 Å². The van der Waals surface area contributed by atoms with E-state index in [0.29, 0.717) is 18.8 Å². The normalized spacial score (nSPS) is 12.1. The number of rotatable bonds is 10. The van der Waals surface area contributed by atoms with Gasteiger partial charge < -0.3 is 9.47 Å². The first kappa shape index (κ1) is 20.5. The Morgan fingerprint density at radius 3 is 2.48 bits per heavy atom. The molecule has 0 fully saturated rings.